The lowest BCUT2D eigenvalue weighted by molar-refractivity contribution is 0.0697. The van der Waals surface area contributed by atoms with Crippen molar-refractivity contribution in [2.24, 2.45) is 0 Å². The van der Waals surface area contributed by atoms with Crippen LogP contribution in [0.25, 0.3) is 0 Å². The van der Waals surface area contributed by atoms with Crippen LogP contribution >= 0.6 is 0 Å². The van der Waals surface area contributed by atoms with Crippen molar-refractivity contribution in [3.8, 4) is 5.75 Å². The van der Waals surface area contributed by atoms with Gasteiger partial charge in [-0.05, 0) is 18.2 Å². The molecule has 0 heterocycles. The molecule has 0 aromatic heterocycles. The van der Waals surface area contributed by atoms with E-state index in [0.29, 0.717) is 5.56 Å². The molecule has 0 unspecified atom stereocenters. The monoisotopic (exact) mass is 261 g/mol. The lowest BCUT2D eigenvalue weighted by Gasteiger charge is -2.11. The largest absolute Gasteiger partial charge is 0.487 e. The number of hydrogen-bond acceptors (Lipinski definition) is 3. The molecule has 4 nitrogen and oxygen atoms in total. The molecule has 0 amide bonds. The van der Waals surface area contributed by atoms with Gasteiger partial charge in [-0.2, -0.15) is 0 Å². The number of anilines is 1. The van der Waals surface area contributed by atoms with Crippen LogP contribution in [0, 0.1) is 5.82 Å². The van der Waals surface area contributed by atoms with E-state index in [1.165, 1.54) is 18.2 Å². The third kappa shape index (κ3) is 2.82. The second-order valence-electron chi connectivity index (χ2n) is 3.90. The van der Waals surface area contributed by atoms with Gasteiger partial charge < -0.3 is 15.6 Å². The molecule has 0 atom stereocenters. The topological polar surface area (TPSA) is 72.5 Å². The number of rotatable bonds is 4. The van der Waals surface area contributed by atoms with Crippen LogP contribution in [0.3, 0.4) is 0 Å². The molecule has 0 radical (unpaired) electrons. The number of para-hydroxylation sites is 1. The number of hydrogen-bond donors (Lipinski definition) is 2. The Morgan fingerprint density at radius 2 is 1.95 bits per heavy atom. The molecule has 2 rings (SSSR count). The maximum absolute atomic E-state index is 13.4. The second-order valence-corrected chi connectivity index (χ2v) is 3.90. The van der Waals surface area contributed by atoms with Gasteiger partial charge in [0.1, 0.15) is 18.2 Å². The zero-order valence-corrected chi connectivity index (χ0v) is 9.97. The summed E-state index contributed by atoms with van der Waals surface area (Å²) in [5.74, 6) is -1.28. The number of carboxylic acid groups (broad SMARTS) is 1. The van der Waals surface area contributed by atoms with E-state index in [2.05, 4.69) is 0 Å². The molecule has 3 N–H and O–H groups in total. The number of aromatic carboxylic acids is 1. The number of carbonyl (C=O) groups is 1. The Labute approximate surface area is 109 Å². The van der Waals surface area contributed by atoms with Crippen LogP contribution in [0.5, 0.6) is 5.75 Å². The van der Waals surface area contributed by atoms with Gasteiger partial charge in [-0.25, -0.2) is 9.18 Å². The Balaban J connectivity index is 2.19. The maximum atomic E-state index is 13.4. The average Bonchev–Trinajstić information content (AvgIpc) is 2.39. The first-order chi connectivity index (χ1) is 9.09. The first kappa shape index (κ1) is 12.9. The highest BCUT2D eigenvalue weighted by Crippen LogP contribution is 2.26. The Morgan fingerprint density at radius 3 is 2.63 bits per heavy atom. The lowest BCUT2D eigenvalue weighted by Crippen LogP contribution is -2.06. The minimum Gasteiger partial charge on any atom is -0.487 e. The molecule has 98 valence electrons. The summed E-state index contributed by atoms with van der Waals surface area (Å²) in [5, 5.41) is 8.92. The highest BCUT2D eigenvalue weighted by molar-refractivity contribution is 5.95. The van der Waals surface area contributed by atoms with Gasteiger partial charge in [-0.15, -0.1) is 0 Å². The quantitative estimate of drug-likeness (QED) is 0.830. The molecule has 0 bridgehead atoms. The first-order valence-electron chi connectivity index (χ1n) is 5.57. The van der Waals surface area contributed by atoms with Gasteiger partial charge in [-0.3, -0.25) is 0 Å². The summed E-state index contributed by atoms with van der Waals surface area (Å²) in [6.07, 6.45) is 0. The highest BCUT2D eigenvalue weighted by atomic mass is 19.1. The SMILES string of the molecule is Nc1c(OCc2ccccc2F)cccc1C(=O)O. The minimum absolute atomic E-state index is 0.0139. The van der Waals surface area contributed by atoms with E-state index in [0.717, 1.165) is 0 Å². The van der Waals surface area contributed by atoms with Crippen molar-refractivity contribution in [3.63, 3.8) is 0 Å². The zero-order valence-electron chi connectivity index (χ0n) is 9.97. The molecule has 0 aliphatic heterocycles. The van der Waals surface area contributed by atoms with Gasteiger partial charge in [0.15, 0.2) is 0 Å². The fraction of sp³-hybridized carbons (Fsp3) is 0.0714. The van der Waals surface area contributed by atoms with Gasteiger partial charge in [0.25, 0.3) is 0 Å². The third-order valence-electron chi connectivity index (χ3n) is 2.64. The number of nitrogens with two attached hydrogens (primary N) is 1. The molecular weight excluding hydrogens is 249 g/mol. The van der Waals surface area contributed by atoms with Crippen LogP contribution < -0.4 is 10.5 Å². The molecule has 0 aliphatic rings. The van der Waals surface area contributed by atoms with Crippen molar-refractivity contribution >= 4 is 11.7 Å². The normalized spacial score (nSPS) is 10.2. The van der Waals surface area contributed by atoms with E-state index in [1.807, 2.05) is 0 Å². The van der Waals surface area contributed by atoms with Crippen LogP contribution in [-0.4, -0.2) is 11.1 Å². The molecule has 2 aromatic carbocycles. The highest BCUT2D eigenvalue weighted by Gasteiger charge is 2.12. The summed E-state index contributed by atoms with van der Waals surface area (Å²) >= 11 is 0. The molecule has 0 fully saturated rings. The number of nitrogen functional groups attached to an aromatic ring is 1. The second kappa shape index (κ2) is 5.39. The van der Waals surface area contributed by atoms with E-state index in [9.17, 15) is 9.18 Å². The molecule has 19 heavy (non-hydrogen) atoms. The van der Waals surface area contributed by atoms with E-state index in [-0.39, 0.29) is 29.4 Å². The van der Waals surface area contributed by atoms with Crippen molar-refractivity contribution < 1.29 is 19.0 Å². The van der Waals surface area contributed by atoms with Crippen molar-refractivity contribution in [2.45, 2.75) is 6.61 Å². The summed E-state index contributed by atoms with van der Waals surface area (Å²) in [4.78, 5) is 10.9. The number of benzene rings is 2. The van der Waals surface area contributed by atoms with Crippen LogP contribution in [0.4, 0.5) is 10.1 Å². The first-order valence-corrected chi connectivity index (χ1v) is 5.57. The van der Waals surface area contributed by atoms with Gasteiger partial charge in [0, 0.05) is 5.56 Å². The van der Waals surface area contributed by atoms with E-state index >= 15 is 0 Å². The summed E-state index contributed by atoms with van der Waals surface area (Å²) in [6.45, 7) is -0.0139. The van der Waals surface area contributed by atoms with Crippen molar-refractivity contribution in [3.05, 3.63) is 59.4 Å². The molecule has 5 heteroatoms. The Hall–Kier alpha value is -2.56. The smallest absolute Gasteiger partial charge is 0.337 e. The molecule has 0 saturated carbocycles. The Kier molecular flexibility index (Phi) is 3.66. The zero-order chi connectivity index (χ0) is 13.8. The summed E-state index contributed by atoms with van der Waals surface area (Å²) < 4.78 is 18.8. The predicted molar refractivity (Wildman–Crippen MR) is 68.5 cm³/mol. The predicted octanol–water partition coefficient (Wildman–Crippen LogP) is 2.69. The van der Waals surface area contributed by atoms with Gasteiger partial charge in [0.2, 0.25) is 0 Å². The fourth-order valence-corrected chi connectivity index (χ4v) is 1.63. The van der Waals surface area contributed by atoms with Gasteiger partial charge in [0.05, 0.1) is 11.3 Å². The summed E-state index contributed by atoms with van der Waals surface area (Å²) in [6, 6.07) is 10.6. The Morgan fingerprint density at radius 1 is 1.21 bits per heavy atom. The lowest BCUT2D eigenvalue weighted by atomic mass is 10.1. The molecule has 0 spiro atoms. The Bertz CT molecular complexity index is 613. The van der Waals surface area contributed by atoms with Crippen LogP contribution in [-0.2, 0) is 6.61 Å². The van der Waals surface area contributed by atoms with Gasteiger partial charge in [-0.1, -0.05) is 24.3 Å². The van der Waals surface area contributed by atoms with E-state index < -0.39 is 5.97 Å². The third-order valence-corrected chi connectivity index (χ3v) is 2.64. The molecule has 0 aliphatic carbocycles. The average molecular weight is 261 g/mol. The van der Waals surface area contributed by atoms with Crippen LogP contribution in [0.15, 0.2) is 42.5 Å². The van der Waals surface area contributed by atoms with Crippen molar-refractivity contribution in [1.82, 2.24) is 0 Å². The fourth-order valence-electron chi connectivity index (χ4n) is 1.63. The van der Waals surface area contributed by atoms with Crippen LogP contribution in [0.2, 0.25) is 0 Å². The maximum Gasteiger partial charge on any atom is 0.337 e. The van der Waals surface area contributed by atoms with E-state index in [4.69, 9.17) is 15.6 Å². The molecule has 2 aromatic rings. The minimum atomic E-state index is -1.13. The van der Waals surface area contributed by atoms with Gasteiger partial charge >= 0.3 is 5.97 Å². The molecular formula is C14H12FNO3. The van der Waals surface area contributed by atoms with E-state index in [1.54, 1.807) is 24.3 Å². The summed E-state index contributed by atoms with van der Waals surface area (Å²) in [7, 11) is 0. The summed E-state index contributed by atoms with van der Waals surface area (Å²) in [5.41, 5.74) is 6.06. The molecule has 0 saturated heterocycles. The van der Waals surface area contributed by atoms with Crippen molar-refractivity contribution in [2.75, 3.05) is 5.73 Å². The number of carboxylic acids is 1. The number of halogens is 1. The standard InChI is InChI=1S/C14H12FNO3/c15-11-6-2-1-4-9(11)8-19-12-7-3-5-10(13(12)16)14(17)18/h1-7H,8,16H2,(H,17,18). The van der Waals surface area contributed by atoms with Crippen molar-refractivity contribution in [1.29, 1.82) is 0 Å². The number of ether oxygens (including phenoxy) is 1. The van der Waals surface area contributed by atoms with Crippen LogP contribution in [0.1, 0.15) is 15.9 Å².